The van der Waals surface area contributed by atoms with Crippen LogP contribution in [0.2, 0.25) is 0 Å². The van der Waals surface area contributed by atoms with E-state index in [0.29, 0.717) is 16.6 Å². The number of anilines is 1. The normalized spacial score (nSPS) is 12.0. The molecule has 0 fully saturated rings. The molecule has 1 atom stereocenters. The summed E-state index contributed by atoms with van der Waals surface area (Å²) in [5.41, 5.74) is 0.884. The van der Waals surface area contributed by atoms with Gasteiger partial charge in [0.05, 0.1) is 10.6 Å². The lowest BCUT2D eigenvalue weighted by Crippen LogP contribution is -2.51. The molecule has 1 N–H and O–H groups in total. The van der Waals surface area contributed by atoms with Gasteiger partial charge in [0, 0.05) is 17.6 Å². The Morgan fingerprint density at radius 2 is 1.67 bits per heavy atom. The smallest absolute Gasteiger partial charge is 0.264 e. The van der Waals surface area contributed by atoms with E-state index in [1.165, 1.54) is 41.3 Å². The highest BCUT2D eigenvalue weighted by Crippen LogP contribution is 2.27. The number of rotatable bonds is 10. The SMILES string of the molecule is CCNC(=O)[C@H](C)N(Cc1ccc(F)cc1)C(=O)CN(c1cccc(Br)c1)S(=O)(=O)c1ccccc1. The molecule has 0 radical (unpaired) electrons. The van der Waals surface area contributed by atoms with Gasteiger partial charge in [0.15, 0.2) is 0 Å². The number of sulfonamides is 1. The molecule has 0 aromatic heterocycles. The van der Waals surface area contributed by atoms with Crippen LogP contribution in [0.3, 0.4) is 0 Å². The van der Waals surface area contributed by atoms with E-state index in [-0.39, 0.29) is 23.0 Å². The van der Waals surface area contributed by atoms with Crippen molar-refractivity contribution >= 4 is 43.5 Å². The van der Waals surface area contributed by atoms with E-state index < -0.39 is 34.3 Å². The molecule has 3 aromatic carbocycles. The number of hydrogen-bond donors (Lipinski definition) is 1. The Bertz CT molecular complexity index is 1300. The number of benzene rings is 3. The summed E-state index contributed by atoms with van der Waals surface area (Å²) in [5, 5.41) is 2.69. The standard InChI is InChI=1S/C26H27BrFN3O4S/c1-3-29-26(33)19(2)30(17-20-12-14-22(28)15-13-20)25(32)18-31(23-9-7-8-21(27)16-23)36(34,35)24-10-5-4-6-11-24/h4-16,19H,3,17-18H2,1-2H3,(H,29,33)/t19-/m0/s1. The van der Waals surface area contributed by atoms with Gasteiger partial charge in [-0.1, -0.05) is 52.3 Å². The number of carbonyl (C=O) groups excluding carboxylic acids is 2. The van der Waals surface area contributed by atoms with Crippen LogP contribution >= 0.6 is 15.9 Å². The molecule has 0 saturated heterocycles. The summed E-state index contributed by atoms with van der Waals surface area (Å²) in [4.78, 5) is 27.6. The third kappa shape index (κ3) is 6.70. The zero-order valence-corrected chi connectivity index (χ0v) is 22.3. The second-order valence-corrected chi connectivity index (χ2v) is 10.8. The summed E-state index contributed by atoms with van der Waals surface area (Å²) < 4.78 is 42.3. The molecule has 3 aromatic rings. The molecule has 10 heteroatoms. The lowest BCUT2D eigenvalue weighted by atomic mass is 10.1. The van der Waals surface area contributed by atoms with Gasteiger partial charge in [-0.2, -0.15) is 0 Å². The van der Waals surface area contributed by atoms with Crippen molar-refractivity contribution in [2.45, 2.75) is 31.3 Å². The molecule has 36 heavy (non-hydrogen) atoms. The Hall–Kier alpha value is -3.24. The van der Waals surface area contributed by atoms with Crippen molar-refractivity contribution in [1.82, 2.24) is 10.2 Å². The van der Waals surface area contributed by atoms with E-state index in [2.05, 4.69) is 21.2 Å². The van der Waals surface area contributed by atoms with E-state index in [9.17, 15) is 22.4 Å². The van der Waals surface area contributed by atoms with Crippen molar-refractivity contribution in [2.24, 2.45) is 0 Å². The lowest BCUT2D eigenvalue weighted by Gasteiger charge is -2.32. The van der Waals surface area contributed by atoms with Gasteiger partial charge >= 0.3 is 0 Å². The Labute approximate surface area is 219 Å². The predicted molar refractivity (Wildman–Crippen MR) is 140 cm³/mol. The number of nitrogens with zero attached hydrogens (tertiary/aromatic N) is 2. The number of amides is 2. The minimum Gasteiger partial charge on any atom is -0.355 e. The molecule has 0 aliphatic rings. The maximum Gasteiger partial charge on any atom is 0.264 e. The topological polar surface area (TPSA) is 86.8 Å². The first-order valence-corrected chi connectivity index (χ1v) is 13.5. The molecule has 0 bridgehead atoms. The summed E-state index contributed by atoms with van der Waals surface area (Å²) in [6, 6.07) is 19.1. The highest BCUT2D eigenvalue weighted by molar-refractivity contribution is 9.10. The summed E-state index contributed by atoms with van der Waals surface area (Å²) in [5.74, 6) is -1.39. The molecular weight excluding hydrogens is 549 g/mol. The summed E-state index contributed by atoms with van der Waals surface area (Å²) in [6.07, 6.45) is 0. The average molecular weight is 576 g/mol. The van der Waals surface area contributed by atoms with Crippen LogP contribution in [0.5, 0.6) is 0 Å². The Morgan fingerprint density at radius 3 is 2.28 bits per heavy atom. The molecule has 0 heterocycles. The number of carbonyl (C=O) groups is 2. The molecule has 0 spiro atoms. The predicted octanol–water partition coefficient (Wildman–Crippen LogP) is 4.34. The molecule has 3 rings (SSSR count). The van der Waals surface area contributed by atoms with Gasteiger partial charge in [0.25, 0.3) is 10.0 Å². The largest absolute Gasteiger partial charge is 0.355 e. The minimum atomic E-state index is -4.12. The fourth-order valence-electron chi connectivity index (χ4n) is 3.57. The van der Waals surface area contributed by atoms with Gasteiger partial charge in [-0.05, 0) is 61.9 Å². The maximum absolute atomic E-state index is 13.7. The third-order valence-corrected chi connectivity index (χ3v) is 7.77. The van der Waals surface area contributed by atoms with Crippen molar-refractivity contribution in [2.75, 3.05) is 17.4 Å². The summed E-state index contributed by atoms with van der Waals surface area (Å²) >= 11 is 3.36. The van der Waals surface area contributed by atoms with Crippen molar-refractivity contribution in [1.29, 1.82) is 0 Å². The molecule has 0 aliphatic heterocycles. The second-order valence-electron chi connectivity index (χ2n) is 8.02. The number of halogens is 2. The van der Waals surface area contributed by atoms with Gasteiger partial charge in [0.2, 0.25) is 11.8 Å². The minimum absolute atomic E-state index is 0.00484. The van der Waals surface area contributed by atoms with Crippen LogP contribution in [-0.4, -0.2) is 44.3 Å². The maximum atomic E-state index is 13.7. The van der Waals surface area contributed by atoms with Gasteiger partial charge in [-0.25, -0.2) is 12.8 Å². The quantitative estimate of drug-likeness (QED) is 0.389. The van der Waals surface area contributed by atoms with Crippen molar-refractivity contribution in [3.63, 3.8) is 0 Å². The third-order valence-electron chi connectivity index (χ3n) is 5.49. The number of likely N-dealkylation sites (N-methyl/N-ethyl adjacent to an activating group) is 1. The second kappa shape index (κ2) is 12.1. The molecule has 190 valence electrons. The van der Waals surface area contributed by atoms with E-state index in [0.717, 1.165) is 4.31 Å². The monoisotopic (exact) mass is 575 g/mol. The van der Waals surface area contributed by atoms with E-state index in [1.807, 2.05) is 0 Å². The van der Waals surface area contributed by atoms with Crippen LogP contribution in [-0.2, 0) is 26.2 Å². The van der Waals surface area contributed by atoms with E-state index in [4.69, 9.17) is 0 Å². The summed E-state index contributed by atoms with van der Waals surface area (Å²) in [6.45, 7) is 3.15. The van der Waals surface area contributed by atoms with E-state index >= 15 is 0 Å². The lowest BCUT2D eigenvalue weighted by molar-refractivity contribution is -0.139. The fraction of sp³-hybridized carbons (Fsp3) is 0.231. The molecule has 0 aliphatic carbocycles. The van der Waals surface area contributed by atoms with Crippen LogP contribution in [0.25, 0.3) is 0 Å². The highest BCUT2D eigenvalue weighted by Gasteiger charge is 2.32. The zero-order valence-electron chi connectivity index (χ0n) is 19.9. The average Bonchev–Trinajstić information content (AvgIpc) is 2.87. The van der Waals surface area contributed by atoms with E-state index in [1.54, 1.807) is 56.3 Å². The highest BCUT2D eigenvalue weighted by atomic mass is 79.9. The van der Waals surface area contributed by atoms with Gasteiger partial charge < -0.3 is 10.2 Å². The first-order valence-electron chi connectivity index (χ1n) is 11.3. The van der Waals surface area contributed by atoms with Gasteiger partial charge in [0.1, 0.15) is 18.4 Å². The van der Waals surface area contributed by atoms with Crippen molar-refractivity contribution in [3.05, 3.63) is 94.7 Å². The molecule has 2 amide bonds. The molecular formula is C26H27BrFN3O4S. The van der Waals surface area contributed by atoms with Crippen molar-refractivity contribution in [3.8, 4) is 0 Å². The Kier molecular flexibility index (Phi) is 9.22. The van der Waals surface area contributed by atoms with Gasteiger partial charge in [-0.15, -0.1) is 0 Å². The first-order chi connectivity index (χ1) is 17.1. The number of nitrogens with one attached hydrogen (secondary N) is 1. The Morgan fingerprint density at radius 1 is 1.00 bits per heavy atom. The molecule has 7 nitrogen and oxygen atoms in total. The van der Waals surface area contributed by atoms with Gasteiger partial charge in [-0.3, -0.25) is 13.9 Å². The Balaban J connectivity index is 2.01. The van der Waals surface area contributed by atoms with Crippen LogP contribution < -0.4 is 9.62 Å². The van der Waals surface area contributed by atoms with Crippen LogP contribution in [0.1, 0.15) is 19.4 Å². The van der Waals surface area contributed by atoms with Crippen molar-refractivity contribution < 1.29 is 22.4 Å². The fourth-order valence-corrected chi connectivity index (χ4v) is 5.38. The first kappa shape index (κ1) is 27.3. The number of hydrogen-bond acceptors (Lipinski definition) is 4. The molecule has 0 saturated carbocycles. The zero-order chi connectivity index (χ0) is 26.3. The van der Waals surface area contributed by atoms with Crippen LogP contribution in [0.4, 0.5) is 10.1 Å². The molecule has 0 unspecified atom stereocenters. The van der Waals surface area contributed by atoms with Crippen LogP contribution in [0.15, 0.2) is 88.2 Å². The van der Waals surface area contributed by atoms with Crippen LogP contribution in [0, 0.1) is 5.82 Å². The summed E-state index contributed by atoms with van der Waals surface area (Å²) in [7, 11) is -4.12.